The number of likely N-dealkylation sites (N-methyl/N-ethyl adjacent to an activating group) is 1. The van der Waals surface area contributed by atoms with Gasteiger partial charge in [-0.05, 0) is 75.4 Å². The zero-order chi connectivity index (χ0) is 34.0. The first-order valence-electron chi connectivity index (χ1n) is 15.5. The van der Waals surface area contributed by atoms with Gasteiger partial charge in [-0.3, -0.25) is 9.67 Å². The average Bonchev–Trinajstić information content (AvgIpc) is 3.68. The largest absolute Gasteiger partial charge is 0.444 e. The van der Waals surface area contributed by atoms with Gasteiger partial charge in [0.25, 0.3) is 0 Å². The second-order valence-corrected chi connectivity index (χ2v) is 12.3. The number of aliphatic imine (C=N–C) groups is 2. The fraction of sp³-hybridized carbons (Fsp3) is 0.371. The fourth-order valence-corrected chi connectivity index (χ4v) is 5.44. The van der Waals surface area contributed by atoms with Crippen LogP contribution in [0.5, 0.6) is 0 Å². The number of hydrogen-bond donors (Lipinski definition) is 1. The third-order valence-electron chi connectivity index (χ3n) is 7.71. The number of hydrogen-bond acceptors (Lipinski definition) is 8. The normalized spacial score (nSPS) is 15.4. The molecular formula is C35H41FN8O3. The Bertz CT molecular complexity index is 1690. The number of piperidine rings is 1. The highest BCUT2D eigenvalue weighted by Crippen LogP contribution is 2.34. The molecule has 0 bridgehead atoms. The highest BCUT2D eigenvalue weighted by molar-refractivity contribution is 5.88. The van der Waals surface area contributed by atoms with Crippen LogP contribution in [0.25, 0.3) is 5.70 Å². The molecule has 2 aliphatic heterocycles. The topological polar surface area (TPSA) is 142 Å². The average molecular weight is 641 g/mol. The van der Waals surface area contributed by atoms with Gasteiger partial charge in [-0.25, -0.2) is 14.2 Å². The van der Waals surface area contributed by atoms with Gasteiger partial charge >= 0.3 is 6.09 Å². The molecule has 11 nitrogen and oxygen atoms in total. The Morgan fingerprint density at radius 3 is 2.62 bits per heavy atom. The first kappa shape index (κ1) is 34.6. The van der Waals surface area contributed by atoms with E-state index in [1.807, 2.05) is 44.8 Å². The number of ether oxygens (including phenoxy) is 1. The molecule has 47 heavy (non-hydrogen) atoms. The summed E-state index contributed by atoms with van der Waals surface area (Å²) in [5.74, 6) is -0.311. The monoisotopic (exact) mass is 640 g/mol. The number of nitrogens with zero attached hydrogens (tertiary/aromatic N) is 7. The molecule has 0 aliphatic carbocycles. The maximum atomic E-state index is 12.6. The Balaban J connectivity index is 0.000000427. The number of carbonyl (C=O) groups is 2. The molecule has 2 N–H and O–H groups in total. The van der Waals surface area contributed by atoms with Crippen LogP contribution in [0, 0.1) is 17.1 Å². The number of benzene rings is 2. The maximum Gasteiger partial charge on any atom is 0.410 e. The molecule has 12 heteroatoms. The van der Waals surface area contributed by atoms with Gasteiger partial charge in [0, 0.05) is 44.9 Å². The minimum Gasteiger partial charge on any atom is -0.444 e. The van der Waals surface area contributed by atoms with Crippen LogP contribution in [0.1, 0.15) is 61.9 Å². The second-order valence-electron chi connectivity index (χ2n) is 12.3. The van der Waals surface area contributed by atoms with Crippen LogP contribution >= 0.6 is 0 Å². The number of likely N-dealkylation sites (tertiary alicyclic amines) is 1. The zero-order valence-corrected chi connectivity index (χ0v) is 27.3. The minimum atomic E-state index is -0.498. The molecule has 0 spiro atoms. The molecule has 2 aliphatic rings. The van der Waals surface area contributed by atoms with Crippen molar-refractivity contribution in [1.82, 2.24) is 14.7 Å². The molecular weight excluding hydrogens is 599 g/mol. The van der Waals surface area contributed by atoms with Gasteiger partial charge in [-0.15, -0.1) is 0 Å². The molecule has 5 rings (SSSR count). The number of carbonyl (C=O) groups excluding carboxylic acids is 2. The summed E-state index contributed by atoms with van der Waals surface area (Å²) in [5.41, 5.74) is 10.5. The van der Waals surface area contributed by atoms with E-state index in [-0.39, 0.29) is 24.4 Å². The molecule has 246 valence electrons. The standard InChI is InChI=1S/C27H34N8O2.C8H7FO/c1-27(2,3)37-26(36)34-11-7-23(8-12-34)35-17-22(16-32-35)30-9-5-24(31-18-29)20-13-19-6-10-33(4)25(19)21(14-20)15-28;9-8-4-2-1-3-7(8)5-6-10/h5,9,13-14,16-18,23H,6-8,10-12H2,1-4H3,(H2,29,31);1-4,6H,5H2/b24-5-,30-9?;. The molecule has 0 atom stereocenters. The molecule has 0 unspecified atom stereocenters. The number of anilines is 1. The Morgan fingerprint density at radius 1 is 1.21 bits per heavy atom. The highest BCUT2D eigenvalue weighted by atomic mass is 19.1. The van der Waals surface area contributed by atoms with Crippen molar-refractivity contribution in [1.29, 1.82) is 5.26 Å². The van der Waals surface area contributed by atoms with Crippen LogP contribution in [-0.4, -0.2) is 71.9 Å². The summed E-state index contributed by atoms with van der Waals surface area (Å²) in [6.45, 7) is 7.76. The summed E-state index contributed by atoms with van der Waals surface area (Å²) in [4.78, 5) is 35.0. The van der Waals surface area contributed by atoms with Crippen molar-refractivity contribution >= 4 is 42.0 Å². The number of nitrogens with two attached hydrogens (primary N) is 1. The fourth-order valence-electron chi connectivity index (χ4n) is 5.44. The third kappa shape index (κ3) is 9.36. The van der Waals surface area contributed by atoms with Gasteiger partial charge in [0.1, 0.15) is 29.5 Å². The van der Waals surface area contributed by atoms with Crippen LogP contribution in [0.4, 0.5) is 20.6 Å². The quantitative estimate of drug-likeness (QED) is 0.201. The van der Waals surface area contributed by atoms with E-state index in [1.165, 1.54) is 12.4 Å². The molecule has 2 aromatic carbocycles. The van der Waals surface area contributed by atoms with Gasteiger partial charge in [-0.2, -0.15) is 10.4 Å². The summed E-state index contributed by atoms with van der Waals surface area (Å²) in [7, 11) is 2.00. The van der Waals surface area contributed by atoms with E-state index >= 15 is 0 Å². The lowest BCUT2D eigenvalue weighted by molar-refractivity contribution is -0.107. The summed E-state index contributed by atoms with van der Waals surface area (Å²) >= 11 is 0. The van der Waals surface area contributed by atoms with E-state index in [1.54, 1.807) is 41.6 Å². The lowest BCUT2D eigenvalue weighted by Crippen LogP contribution is -2.42. The molecule has 1 amide bonds. The number of amides is 1. The maximum absolute atomic E-state index is 12.6. The smallest absolute Gasteiger partial charge is 0.410 e. The number of fused-ring (bicyclic) bond motifs is 1. The zero-order valence-electron chi connectivity index (χ0n) is 27.3. The minimum absolute atomic E-state index is 0.159. The first-order valence-corrected chi connectivity index (χ1v) is 15.5. The van der Waals surface area contributed by atoms with E-state index in [2.05, 4.69) is 32.1 Å². The van der Waals surface area contributed by atoms with Crippen molar-refractivity contribution in [3.63, 3.8) is 0 Å². The van der Waals surface area contributed by atoms with Crippen molar-refractivity contribution in [3.05, 3.63) is 82.9 Å². The van der Waals surface area contributed by atoms with E-state index in [9.17, 15) is 19.2 Å². The van der Waals surface area contributed by atoms with Crippen molar-refractivity contribution in [2.45, 2.75) is 58.1 Å². The van der Waals surface area contributed by atoms with Gasteiger partial charge in [0.15, 0.2) is 0 Å². The summed E-state index contributed by atoms with van der Waals surface area (Å²) in [5, 5.41) is 14.1. The van der Waals surface area contributed by atoms with Crippen molar-refractivity contribution < 1.29 is 18.7 Å². The molecule has 1 aromatic heterocycles. The van der Waals surface area contributed by atoms with Crippen molar-refractivity contribution in [2.24, 2.45) is 15.7 Å². The van der Waals surface area contributed by atoms with Crippen LogP contribution < -0.4 is 10.6 Å². The lowest BCUT2D eigenvalue weighted by Gasteiger charge is -2.33. The Kier molecular flexibility index (Phi) is 11.6. The van der Waals surface area contributed by atoms with Gasteiger partial charge in [0.2, 0.25) is 0 Å². The van der Waals surface area contributed by atoms with Crippen LogP contribution in [-0.2, 0) is 22.4 Å². The van der Waals surface area contributed by atoms with Gasteiger partial charge in [0.05, 0.1) is 41.7 Å². The summed E-state index contributed by atoms with van der Waals surface area (Å²) in [6.07, 6.45) is 11.4. The first-order chi connectivity index (χ1) is 22.5. The van der Waals surface area contributed by atoms with E-state index in [0.717, 1.165) is 48.3 Å². The Hall–Kier alpha value is -5.31. The molecule has 1 saturated heterocycles. The molecule has 1 fully saturated rings. The Morgan fingerprint density at radius 2 is 1.96 bits per heavy atom. The summed E-state index contributed by atoms with van der Waals surface area (Å²) in [6, 6.07) is 12.7. The number of rotatable bonds is 7. The van der Waals surface area contributed by atoms with E-state index in [0.29, 0.717) is 36.2 Å². The Labute approximate surface area is 274 Å². The predicted molar refractivity (Wildman–Crippen MR) is 181 cm³/mol. The number of halogens is 1. The SMILES string of the molecule is CN1CCc2cc(/C(=C/C=Nc3cnn(C4CCN(C(=O)OC(C)(C)C)CC4)c3)N=CN)cc(C#N)c21.O=CCc1ccccc1F. The number of allylic oxidation sites excluding steroid dienone is 1. The highest BCUT2D eigenvalue weighted by Gasteiger charge is 2.28. The van der Waals surface area contributed by atoms with Gasteiger partial charge < -0.3 is 25.1 Å². The number of aldehydes is 1. The molecule has 3 heterocycles. The van der Waals surface area contributed by atoms with Gasteiger partial charge in [-0.1, -0.05) is 18.2 Å². The van der Waals surface area contributed by atoms with E-state index < -0.39 is 5.60 Å². The number of nitriles is 1. The second kappa shape index (κ2) is 15.8. The third-order valence-corrected chi connectivity index (χ3v) is 7.71. The number of aromatic nitrogens is 2. The predicted octanol–water partition coefficient (Wildman–Crippen LogP) is 5.62. The van der Waals surface area contributed by atoms with E-state index in [4.69, 9.17) is 10.5 Å². The van der Waals surface area contributed by atoms with Crippen molar-refractivity contribution in [2.75, 3.05) is 31.6 Å². The van der Waals surface area contributed by atoms with Crippen LogP contribution in [0.15, 0.2) is 64.9 Å². The van der Waals surface area contributed by atoms with Crippen molar-refractivity contribution in [3.8, 4) is 6.07 Å². The molecule has 0 saturated carbocycles. The molecule has 3 aromatic rings. The summed E-state index contributed by atoms with van der Waals surface area (Å²) < 4.78 is 20.0. The molecule has 0 radical (unpaired) electrons. The van der Waals surface area contributed by atoms with Crippen LogP contribution in [0.2, 0.25) is 0 Å². The lowest BCUT2D eigenvalue weighted by atomic mass is 10.0. The van der Waals surface area contributed by atoms with Crippen LogP contribution in [0.3, 0.4) is 0 Å².